The summed E-state index contributed by atoms with van der Waals surface area (Å²) in [4.78, 5) is 9.27. The molecule has 1 saturated heterocycles. The van der Waals surface area contributed by atoms with Gasteiger partial charge in [-0.05, 0) is 55.6 Å². The first kappa shape index (κ1) is 14.3. The Labute approximate surface area is 134 Å². The van der Waals surface area contributed by atoms with Crippen LogP contribution in [0, 0.1) is 5.82 Å². The van der Waals surface area contributed by atoms with Crippen LogP contribution in [0.25, 0.3) is 11.2 Å². The molecule has 0 aliphatic carbocycles. The van der Waals surface area contributed by atoms with Crippen LogP contribution in [0.1, 0.15) is 36.8 Å². The lowest BCUT2D eigenvalue weighted by Gasteiger charge is -2.26. The van der Waals surface area contributed by atoms with Gasteiger partial charge in [-0.1, -0.05) is 12.1 Å². The third-order valence-corrected chi connectivity index (χ3v) is 4.37. The lowest BCUT2D eigenvalue weighted by atomic mass is 10.1. The molecular weight excluding hydrogens is 291 g/mol. The molecular formula is C18H19FN4. The smallest absolute Gasteiger partial charge is 0.161 e. The molecule has 1 aromatic carbocycles. The molecule has 3 aromatic rings. The second kappa shape index (κ2) is 6.08. The van der Waals surface area contributed by atoms with Crippen molar-refractivity contribution < 1.29 is 4.39 Å². The molecule has 23 heavy (non-hydrogen) atoms. The normalized spacial score (nSPS) is 18.4. The van der Waals surface area contributed by atoms with Crippen molar-refractivity contribution in [2.75, 3.05) is 6.54 Å². The summed E-state index contributed by atoms with van der Waals surface area (Å²) in [6.07, 6.45) is 6.09. The number of halogens is 1. The fourth-order valence-electron chi connectivity index (χ4n) is 3.31. The Hall–Kier alpha value is -2.27. The highest BCUT2D eigenvalue weighted by Crippen LogP contribution is 2.25. The van der Waals surface area contributed by atoms with Crippen LogP contribution in [0.4, 0.5) is 4.39 Å². The zero-order valence-corrected chi connectivity index (χ0v) is 12.9. The largest absolute Gasteiger partial charge is 0.297 e. The van der Waals surface area contributed by atoms with E-state index >= 15 is 0 Å². The molecule has 4 rings (SSSR count). The van der Waals surface area contributed by atoms with Crippen LogP contribution < -0.4 is 5.32 Å². The van der Waals surface area contributed by atoms with Gasteiger partial charge in [-0.15, -0.1) is 0 Å². The second-order valence-electron chi connectivity index (χ2n) is 6.02. The average molecular weight is 310 g/mol. The van der Waals surface area contributed by atoms with Crippen molar-refractivity contribution in [3.05, 3.63) is 59.8 Å². The van der Waals surface area contributed by atoms with E-state index in [-0.39, 0.29) is 12.0 Å². The standard InChI is InChI=1S/C18H19FN4/c19-14-6-3-5-13(11-14)12-17-22-15-7-4-10-21-18(15)23(17)16-8-1-2-9-20-16/h3-7,10-11,16,20H,1-2,8-9,12H2. The molecule has 0 bridgehead atoms. The molecule has 1 fully saturated rings. The maximum absolute atomic E-state index is 13.5. The fraction of sp³-hybridized carbons (Fsp3) is 0.333. The Balaban J connectivity index is 1.78. The summed E-state index contributed by atoms with van der Waals surface area (Å²) in [7, 11) is 0. The van der Waals surface area contributed by atoms with E-state index in [0.717, 1.165) is 35.5 Å². The van der Waals surface area contributed by atoms with Gasteiger partial charge >= 0.3 is 0 Å². The molecule has 4 nitrogen and oxygen atoms in total. The molecule has 0 amide bonds. The molecule has 0 radical (unpaired) electrons. The highest BCUT2D eigenvalue weighted by Gasteiger charge is 2.21. The number of benzene rings is 1. The van der Waals surface area contributed by atoms with Crippen molar-refractivity contribution in [2.45, 2.75) is 31.8 Å². The molecule has 5 heteroatoms. The van der Waals surface area contributed by atoms with Crippen molar-refractivity contribution in [1.29, 1.82) is 0 Å². The molecule has 0 spiro atoms. The monoisotopic (exact) mass is 310 g/mol. The van der Waals surface area contributed by atoms with Gasteiger partial charge < -0.3 is 0 Å². The molecule has 1 N–H and O–H groups in total. The summed E-state index contributed by atoms with van der Waals surface area (Å²) < 4.78 is 15.7. The topological polar surface area (TPSA) is 42.7 Å². The summed E-state index contributed by atoms with van der Waals surface area (Å²) in [5.41, 5.74) is 2.72. The maximum Gasteiger partial charge on any atom is 0.161 e. The van der Waals surface area contributed by atoms with Crippen molar-refractivity contribution in [2.24, 2.45) is 0 Å². The van der Waals surface area contributed by atoms with Crippen molar-refractivity contribution in [1.82, 2.24) is 19.9 Å². The van der Waals surface area contributed by atoms with Gasteiger partial charge in [0.1, 0.15) is 17.2 Å². The predicted molar refractivity (Wildman–Crippen MR) is 87.6 cm³/mol. The van der Waals surface area contributed by atoms with Crippen molar-refractivity contribution in [3.63, 3.8) is 0 Å². The lowest BCUT2D eigenvalue weighted by molar-refractivity contribution is 0.320. The van der Waals surface area contributed by atoms with Crippen LogP contribution in [0.3, 0.4) is 0 Å². The Morgan fingerprint density at radius 1 is 1.22 bits per heavy atom. The summed E-state index contributed by atoms with van der Waals surface area (Å²) in [5, 5.41) is 3.56. The number of hydrogen-bond donors (Lipinski definition) is 1. The minimum absolute atomic E-state index is 0.209. The Morgan fingerprint density at radius 3 is 3.00 bits per heavy atom. The van der Waals surface area contributed by atoms with Gasteiger partial charge in [-0.25, -0.2) is 14.4 Å². The summed E-state index contributed by atoms with van der Waals surface area (Å²) in [6.45, 7) is 1.01. The molecule has 1 unspecified atom stereocenters. The number of hydrogen-bond acceptors (Lipinski definition) is 3. The first-order valence-electron chi connectivity index (χ1n) is 8.11. The van der Waals surface area contributed by atoms with Gasteiger partial charge in [0, 0.05) is 12.6 Å². The van der Waals surface area contributed by atoms with E-state index < -0.39 is 0 Å². The predicted octanol–water partition coefficient (Wildman–Crippen LogP) is 3.43. The van der Waals surface area contributed by atoms with Gasteiger partial charge in [0.15, 0.2) is 5.65 Å². The first-order chi connectivity index (χ1) is 11.3. The fourth-order valence-corrected chi connectivity index (χ4v) is 3.31. The number of nitrogens with one attached hydrogen (secondary N) is 1. The van der Waals surface area contributed by atoms with E-state index in [1.165, 1.54) is 18.9 Å². The molecule has 118 valence electrons. The molecule has 1 aliphatic heterocycles. The van der Waals surface area contributed by atoms with E-state index in [2.05, 4.69) is 14.9 Å². The zero-order valence-electron chi connectivity index (χ0n) is 12.9. The highest BCUT2D eigenvalue weighted by molar-refractivity contribution is 5.71. The van der Waals surface area contributed by atoms with Crippen LogP contribution in [0.15, 0.2) is 42.6 Å². The number of fused-ring (bicyclic) bond motifs is 1. The SMILES string of the molecule is Fc1cccc(Cc2nc3cccnc3n2C2CCCCN2)c1. The zero-order chi connectivity index (χ0) is 15.6. The molecule has 2 aromatic heterocycles. The number of aromatic nitrogens is 3. The van der Waals surface area contributed by atoms with Crippen molar-refractivity contribution in [3.8, 4) is 0 Å². The van der Waals surface area contributed by atoms with Crippen LogP contribution >= 0.6 is 0 Å². The molecule has 0 saturated carbocycles. The third-order valence-electron chi connectivity index (χ3n) is 4.37. The number of piperidine rings is 1. The highest BCUT2D eigenvalue weighted by atomic mass is 19.1. The average Bonchev–Trinajstić information content (AvgIpc) is 2.93. The number of imidazole rings is 1. The summed E-state index contributed by atoms with van der Waals surface area (Å²) in [5.74, 6) is 0.725. The quantitative estimate of drug-likeness (QED) is 0.806. The Kier molecular flexibility index (Phi) is 3.79. The maximum atomic E-state index is 13.5. The number of nitrogens with zero attached hydrogens (tertiary/aromatic N) is 3. The van der Waals surface area contributed by atoms with E-state index in [1.54, 1.807) is 18.3 Å². The Morgan fingerprint density at radius 2 is 2.17 bits per heavy atom. The Bertz CT molecular complexity index is 821. The number of pyridine rings is 1. The summed E-state index contributed by atoms with van der Waals surface area (Å²) >= 11 is 0. The number of rotatable bonds is 3. The third kappa shape index (κ3) is 2.84. The summed E-state index contributed by atoms with van der Waals surface area (Å²) in [6, 6.07) is 10.6. The van der Waals surface area contributed by atoms with E-state index in [1.807, 2.05) is 18.2 Å². The van der Waals surface area contributed by atoms with Crippen LogP contribution in [-0.2, 0) is 6.42 Å². The van der Waals surface area contributed by atoms with Crippen LogP contribution in [0.2, 0.25) is 0 Å². The lowest BCUT2D eigenvalue weighted by Crippen LogP contribution is -2.32. The minimum atomic E-state index is -0.209. The van der Waals surface area contributed by atoms with Gasteiger partial charge in [0.2, 0.25) is 0 Å². The van der Waals surface area contributed by atoms with Crippen LogP contribution in [0.5, 0.6) is 0 Å². The van der Waals surface area contributed by atoms with E-state index in [0.29, 0.717) is 6.42 Å². The molecule has 1 aliphatic rings. The van der Waals surface area contributed by atoms with Gasteiger partial charge in [-0.2, -0.15) is 0 Å². The van der Waals surface area contributed by atoms with Gasteiger partial charge in [0.05, 0.1) is 6.17 Å². The van der Waals surface area contributed by atoms with Crippen LogP contribution in [-0.4, -0.2) is 21.1 Å². The molecule has 3 heterocycles. The second-order valence-corrected chi connectivity index (χ2v) is 6.02. The van der Waals surface area contributed by atoms with E-state index in [9.17, 15) is 4.39 Å². The first-order valence-corrected chi connectivity index (χ1v) is 8.11. The van der Waals surface area contributed by atoms with Crippen molar-refractivity contribution >= 4 is 11.2 Å². The molecule has 1 atom stereocenters. The van der Waals surface area contributed by atoms with Gasteiger partial charge in [0.25, 0.3) is 0 Å². The van der Waals surface area contributed by atoms with E-state index in [4.69, 9.17) is 4.98 Å². The van der Waals surface area contributed by atoms with Gasteiger partial charge in [-0.3, -0.25) is 9.88 Å². The minimum Gasteiger partial charge on any atom is -0.297 e.